The van der Waals surface area contributed by atoms with Gasteiger partial charge in [0.15, 0.2) is 0 Å². The molecule has 4 heteroatoms. The van der Waals surface area contributed by atoms with E-state index in [1.807, 2.05) is 12.1 Å². The van der Waals surface area contributed by atoms with Gasteiger partial charge in [-0.05, 0) is 42.5 Å². The Morgan fingerprint density at radius 1 is 1.22 bits per heavy atom. The van der Waals surface area contributed by atoms with E-state index in [9.17, 15) is 5.26 Å². The second kappa shape index (κ2) is 4.11. The van der Waals surface area contributed by atoms with Gasteiger partial charge in [0.05, 0.1) is 0 Å². The number of aryl methyl sites for hydroxylation is 1. The third-order valence-electron chi connectivity index (χ3n) is 3.33. The van der Waals surface area contributed by atoms with Gasteiger partial charge in [-0.25, -0.2) is 4.98 Å². The van der Waals surface area contributed by atoms with E-state index in [1.165, 1.54) is 5.56 Å². The van der Waals surface area contributed by atoms with Crippen molar-refractivity contribution in [3.63, 3.8) is 0 Å². The van der Waals surface area contributed by atoms with Crippen molar-refractivity contribution in [2.24, 2.45) is 0 Å². The summed E-state index contributed by atoms with van der Waals surface area (Å²) in [6, 6.07) is 6.01. The number of hydrogen-bond donors (Lipinski definition) is 1. The molecule has 0 saturated heterocycles. The maximum Gasteiger partial charge on any atom is 0.142 e. The summed E-state index contributed by atoms with van der Waals surface area (Å²) in [7, 11) is 0. The lowest BCUT2D eigenvalue weighted by atomic mass is 9.95. The van der Waals surface area contributed by atoms with Gasteiger partial charge >= 0.3 is 0 Å². The molecule has 0 radical (unpaired) electrons. The molecular weight excluding hydrogens is 224 g/mol. The molecule has 4 nitrogen and oxygen atoms in total. The summed E-state index contributed by atoms with van der Waals surface area (Å²) in [6.07, 6.45) is 6.45. The van der Waals surface area contributed by atoms with Gasteiger partial charge in [0, 0.05) is 23.7 Å². The van der Waals surface area contributed by atoms with Crippen molar-refractivity contribution in [3.8, 4) is 17.2 Å². The zero-order valence-electron chi connectivity index (χ0n) is 9.85. The fraction of sp³-hybridized carbons (Fsp3) is 0.214. The summed E-state index contributed by atoms with van der Waals surface area (Å²) < 4.78 is 0. The minimum absolute atomic E-state index is 0.338. The number of nitrogen functional groups attached to an aromatic ring is 1. The third kappa shape index (κ3) is 1.52. The Balaban J connectivity index is 2.34. The van der Waals surface area contributed by atoms with Crippen molar-refractivity contribution in [1.29, 1.82) is 5.26 Å². The Bertz CT molecular complexity index is 640. The molecule has 2 heterocycles. The first-order chi connectivity index (χ1) is 8.81. The predicted molar refractivity (Wildman–Crippen MR) is 68.6 cm³/mol. The number of anilines is 1. The first-order valence-corrected chi connectivity index (χ1v) is 5.93. The van der Waals surface area contributed by atoms with Crippen molar-refractivity contribution in [2.45, 2.75) is 19.3 Å². The number of nitrogens with zero attached hydrogens (tertiary/aromatic N) is 3. The Morgan fingerprint density at radius 2 is 2.00 bits per heavy atom. The molecule has 0 saturated carbocycles. The lowest BCUT2D eigenvalue weighted by Crippen LogP contribution is -2.03. The highest BCUT2D eigenvalue weighted by Gasteiger charge is 2.22. The summed E-state index contributed by atoms with van der Waals surface area (Å²) in [5, 5.41) is 9.31. The first-order valence-electron chi connectivity index (χ1n) is 5.93. The zero-order chi connectivity index (χ0) is 12.5. The van der Waals surface area contributed by atoms with Gasteiger partial charge < -0.3 is 5.73 Å². The molecule has 2 aromatic heterocycles. The molecule has 0 spiro atoms. The first kappa shape index (κ1) is 10.7. The smallest absolute Gasteiger partial charge is 0.142 e. The molecule has 0 amide bonds. The Morgan fingerprint density at radius 3 is 2.72 bits per heavy atom. The molecule has 0 unspecified atom stereocenters. The highest BCUT2D eigenvalue weighted by Crippen LogP contribution is 2.35. The molecule has 0 atom stereocenters. The van der Waals surface area contributed by atoms with Crippen LogP contribution in [0.2, 0.25) is 0 Å². The largest absolute Gasteiger partial charge is 0.383 e. The number of aromatic nitrogens is 2. The Kier molecular flexibility index (Phi) is 2.45. The van der Waals surface area contributed by atoms with Gasteiger partial charge in [0.25, 0.3) is 0 Å². The number of nitrogens with two attached hydrogens (primary N) is 1. The fourth-order valence-corrected chi connectivity index (χ4v) is 2.55. The van der Waals surface area contributed by atoms with E-state index < -0.39 is 0 Å². The standard InChI is InChI=1S/C14H12N4/c15-8-11-13(9-4-6-17-7-5-9)10-2-1-3-12(10)18-14(11)16/h4-7H,1-3H2,(H2,16,18). The minimum atomic E-state index is 0.338. The van der Waals surface area contributed by atoms with Crippen LogP contribution in [0.1, 0.15) is 23.2 Å². The average Bonchev–Trinajstić information content (AvgIpc) is 2.85. The number of pyridine rings is 2. The van der Waals surface area contributed by atoms with Crippen LogP contribution >= 0.6 is 0 Å². The fourth-order valence-electron chi connectivity index (χ4n) is 2.55. The number of nitriles is 1. The van der Waals surface area contributed by atoms with Crippen LogP contribution in [0.25, 0.3) is 11.1 Å². The van der Waals surface area contributed by atoms with Gasteiger partial charge in [-0.3, -0.25) is 4.98 Å². The SMILES string of the molecule is N#Cc1c(N)nc2c(c1-c1ccncc1)CCC2. The van der Waals surface area contributed by atoms with Crippen molar-refractivity contribution >= 4 is 5.82 Å². The number of hydrogen-bond acceptors (Lipinski definition) is 4. The molecule has 3 rings (SSSR count). The Labute approximate surface area is 105 Å². The van der Waals surface area contributed by atoms with Gasteiger partial charge in [0.2, 0.25) is 0 Å². The molecule has 0 aliphatic heterocycles. The molecule has 1 aliphatic rings. The molecule has 88 valence electrons. The summed E-state index contributed by atoms with van der Waals surface area (Å²) in [4.78, 5) is 8.36. The molecule has 18 heavy (non-hydrogen) atoms. The minimum Gasteiger partial charge on any atom is -0.383 e. The van der Waals surface area contributed by atoms with Crippen molar-refractivity contribution < 1.29 is 0 Å². The Hall–Kier alpha value is -2.41. The van der Waals surface area contributed by atoms with E-state index in [0.29, 0.717) is 11.4 Å². The van der Waals surface area contributed by atoms with Gasteiger partial charge in [-0.1, -0.05) is 0 Å². The topological polar surface area (TPSA) is 75.6 Å². The predicted octanol–water partition coefficient (Wildman–Crippen LogP) is 2.09. The van der Waals surface area contributed by atoms with Crippen LogP contribution in [0.4, 0.5) is 5.82 Å². The molecule has 0 aromatic carbocycles. The lowest BCUT2D eigenvalue weighted by Gasteiger charge is -2.12. The molecule has 2 aromatic rings. The van der Waals surface area contributed by atoms with E-state index in [1.54, 1.807) is 12.4 Å². The van der Waals surface area contributed by atoms with Crippen LogP contribution in [-0.2, 0) is 12.8 Å². The quantitative estimate of drug-likeness (QED) is 0.822. The van der Waals surface area contributed by atoms with E-state index in [0.717, 1.165) is 36.1 Å². The van der Waals surface area contributed by atoms with E-state index in [4.69, 9.17) is 5.73 Å². The maximum absolute atomic E-state index is 9.31. The summed E-state index contributed by atoms with van der Waals surface area (Å²) in [6.45, 7) is 0. The van der Waals surface area contributed by atoms with E-state index in [2.05, 4.69) is 16.0 Å². The molecular formula is C14H12N4. The molecule has 0 fully saturated rings. The average molecular weight is 236 g/mol. The van der Waals surface area contributed by atoms with Crippen LogP contribution in [0.15, 0.2) is 24.5 Å². The van der Waals surface area contributed by atoms with Gasteiger partial charge in [-0.15, -0.1) is 0 Å². The zero-order valence-corrected chi connectivity index (χ0v) is 9.85. The summed E-state index contributed by atoms with van der Waals surface area (Å²) >= 11 is 0. The third-order valence-corrected chi connectivity index (χ3v) is 3.33. The van der Waals surface area contributed by atoms with Crippen LogP contribution in [0.3, 0.4) is 0 Å². The van der Waals surface area contributed by atoms with E-state index in [-0.39, 0.29) is 0 Å². The highest BCUT2D eigenvalue weighted by molar-refractivity contribution is 5.79. The summed E-state index contributed by atoms with van der Waals surface area (Å²) in [5.74, 6) is 0.338. The van der Waals surface area contributed by atoms with Crippen LogP contribution in [0.5, 0.6) is 0 Å². The molecule has 0 bridgehead atoms. The second-order valence-electron chi connectivity index (χ2n) is 4.37. The molecule has 1 aliphatic carbocycles. The van der Waals surface area contributed by atoms with Crippen molar-refractivity contribution in [1.82, 2.24) is 9.97 Å². The highest BCUT2D eigenvalue weighted by atomic mass is 14.9. The molecule has 2 N–H and O–H groups in total. The van der Waals surface area contributed by atoms with Gasteiger partial charge in [0.1, 0.15) is 17.5 Å². The van der Waals surface area contributed by atoms with Crippen molar-refractivity contribution in [3.05, 3.63) is 41.3 Å². The lowest BCUT2D eigenvalue weighted by molar-refractivity contribution is 0.900. The van der Waals surface area contributed by atoms with Crippen LogP contribution < -0.4 is 5.73 Å². The number of fused-ring (bicyclic) bond motifs is 1. The summed E-state index contributed by atoms with van der Waals surface area (Å²) in [5.41, 5.74) is 10.5. The van der Waals surface area contributed by atoms with Gasteiger partial charge in [-0.2, -0.15) is 5.26 Å². The van der Waals surface area contributed by atoms with Crippen molar-refractivity contribution in [2.75, 3.05) is 5.73 Å². The second-order valence-corrected chi connectivity index (χ2v) is 4.37. The maximum atomic E-state index is 9.31. The normalized spacial score (nSPS) is 13.1. The monoisotopic (exact) mass is 236 g/mol. The number of rotatable bonds is 1. The van der Waals surface area contributed by atoms with Crippen LogP contribution in [-0.4, -0.2) is 9.97 Å². The van der Waals surface area contributed by atoms with Crippen LogP contribution in [0, 0.1) is 11.3 Å². The van der Waals surface area contributed by atoms with E-state index >= 15 is 0 Å².